The number of carboxylic acid groups (broad SMARTS) is 2. The molecule has 0 unspecified atom stereocenters. The Morgan fingerprint density at radius 1 is 0.926 bits per heavy atom. The number of amides is 3. The SMILES string of the molecule is CN1C(=O)N(C)C(CCO)(CCO)C1=O.O=C(O)CCS.O=C(O)CCS. The standard InChI is InChI=1S/C9H16N2O4.2C3H6O2S/c1-10-7(14)9(3-5-12,4-6-13)11(2)8(10)15;2*4-3(5)1-2-6/h12-13H,3-6H2,1-2H3;2*6H,1-2H2,(H,4,5). The molecule has 0 radical (unpaired) electrons. The number of carbonyl (C=O) groups is 4. The van der Waals surface area contributed by atoms with Gasteiger partial charge < -0.3 is 25.3 Å². The molecule has 0 bridgehead atoms. The normalized spacial score (nSPS) is 14.9. The highest BCUT2D eigenvalue weighted by Crippen LogP contribution is 2.31. The lowest BCUT2D eigenvalue weighted by Gasteiger charge is -2.31. The molecule has 0 aromatic rings. The number of rotatable bonds is 8. The van der Waals surface area contributed by atoms with Gasteiger partial charge in [0, 0.05) is 51.7 Å². The van der Waals surface area contributed by atoms with Crippen LogP contribution in [0.15, 0.2) is 0 Å². The molecule has 10 nitrogen and oxygen atoms in total. The Labute approximate surface area is 169 Å². The monoisotopic (exact) mass is 428 g/mol. The largest absolute Gasteiger partial charge is 0.481 e. The van der Waals surface area contributed by atoms with Crippen LogP contribution in [-0.2, 0) is 14.4 Å². The van der Waals surface area contributed by atoms with Crippen molar-refractivity contribution in [3.8, 4) is 0 Å². The third-order valence-electron chi connectivity index (χ3n) is 3.62. The van der Waals surface area contributed by atoms with Crippen molar-refractivity contribution in [3.05, 3.63) is 0 Å². The van der Waals surface area contributed by atoms with E-state index in [9.17, 15) is 19.2 Å². The van der Waals surface area contributed by atoms with Crippen molar-refractivity contribution in [2.24, 2.45) is 0 Å². The van der Waals surface area contributed by atoms with Gasteiger partial charge in [0.05, 0.1) is 12.8 Å². The Balaban J connectivity index is 0. The van der Waals surface area contributed by atoms with Crippen LogP contribution in [0.1, 0.15) is 25.7 Å². The second-order valence-corrected chi connectivity index (χ2v) is 6.31. The second kappa shape index (κ2) is 14.5. The van der Waals surface area contributed by atoms with Crippen LogP contribution in [-0.4, -0.2) is 98.5 Å². The summed E-state index contributed by atoms with van der Waals surface area (Å²) in [6, 6.07) is -0.401. The number of carbonyl (C=O) groups excluding carboxylic acids is 2. The zero-order valence-corrected chi connectivity index (χ0v) is 17.2. The van der Waals surface area contributed by atoms with Crippen LogP contribution in [0.2, 0.25) is 0 Å². The maximum Gasteiger partial charge on any atom is 0.327 e. The number of aliphatic carboxylic acids is 2. The van der Waals surface area contributed by atoms with Crippen LogP contribution >= 0.6 is 25.3 Å². The van der Waals surface area contributed by atoms with Crippen molar-refractivity contribution < 1.29 is 39.6 Å². The zero-order chi connectivity index (χ0) is 21.6. The molecule has 0 spiro atoms. The maximum absolute atomic E-state index is 11.9. The topological polar surface area (TPSA) is 156 Å². The van der Waals surface area contributed by atoms with E-state index in [1.165, 1.54) is 19.0 Å². The van der Waals surface area contributed by atoms with E-state index in [-0.39, 0.29) is 44.8 Å². The van der Waals surface area contributed by atoms with Gasteiger partial charge in [-0.2, -0.15) is 25.3 Å². The number of imide groups is 1. The highest BCUT2D eigenvalue weighted by atomic mass is 32.1. The first-order valence-electron chi connectivity index (χ1n) is 7.98. The summed E-state index contributed by atoms with van der Waals surface area (Å²) >= 11 is 7.36. The number of hydrogen-bond acceptors (Lipinski definition) is 8. The Morgan fingerprint density at radius 2 is 1.30 bits per heavy atom. The van der Waals surface area contributed by atoms with E-state index >= 15 is 0 Å². The van der Waals surface area contributed by atoms with Crippen molar-refractivity contribution in [1.82, 2.24) is 9.80 Å². The van der Waals surface area contributed by atoms with Crippen LogP contribution in [0, 0.1) is 0 Å². The molecule has 0 aromatic carbocycles. The smallest absolute Gasteiger partial charge is 0.327 e. The summed E-state index contributed by atoms with van der Waals surface area (Å²) in [5.41, 5.74) is -1.07. The van der Waals surface area contributed by atoms with Gasteiger partial charge in [-0.05, 0) is 0 Å². The number of aliphatic hydroxyl groups excluding tert-OH is 2. The van der Waals surface area contributed by atoms with Gasteiger partial charge in [-0.3, -0.25) is 19.3 Å². The molecule has 4 N–H and O–H groups in total. The lowest BCUT2D eigenvalue weighted by atomic mass is 9.90. The van der Waals surface area contributed by atoms with E-state index in [2.05, 4.69) is 25.3 Å². The lowest BCUT2D eigenvalue weighted by Crippen LogP contribution is -2.49. The van der Waals surface area contributed by atoms with Crippen LogP contribution < -0.4 is 0 Å². The molecule has 0 aliphatic carbocycles. The summed E-state index contributed by atoms with van der Waals surface area (Å²) < 4.78 is 0. The third kappa shape index (κ3) is 9.31. The molecule has 0 aromatic heterocycles. The molecule has 1 aliphatic rings. The number of aliphatic hydroxyl groups is 2. The van der Waals surface area contributed by atoms with Gasteiger partial charge in [-0.25, -0.2) is 4.79 Å². The fraction of sp³-hybridized carbons (Fsp3) is 0.733. The van der Waals surface area contributed by atoms with Gasteiger partial charge in [0.15, 0.2) is 0 Å². The second-order valence-electron chi connectivity index (χ2n) is 5.42. The number of urea groups is 1. The number of hydrogen-bond donors (Lipinski definition) is 6. The van der Waals surface area contributed by atoms with Crippen molar-refractivity contribution in [2.45, 2.75) is 31.2 Å². The first kappa shape index (κ1) is 27.7. The third-order valence-corrected chi connectivity index (χ3v) is 4.07. The van der Waals surface area contributed by atoms with E-state index in [0.29, 0.717) is 11.5 Å². The molecular weight excluding hydrogens is 400 g/mol. The predicted molar refractivity (Wildman–Crippen MR) is 104 cm³/mol. The molecule has 1 heterocycles. The number of nitrogens with zero attached hydrogens (tertiary/aromatic N) is 2. The summed E-state index contributed by atoms with van der Waals surface area (Å²) in [5, 5.41) is 33.6. The molecule has 1 saturated heterocycles. The van der Waals surface area contributed by atoms with E-state index in [1.54, 1.807) is 0 Å². The van der Waals surface area contributed by atoms with Gasteiger partial charge in [0.25, 0.3) is 5.91 Å². The Kier molecular flexibility index (Phi) is 14.9. The minimum atomic E-state index is -1.07. The first-order valence-corrected chi connectivity index (χ1v) is 9.25. The van der Waals surface area contributed by atoms with Crippen molar-refractivity contribution in [3.63, 3.8) is 0 Å². The maximum atomic E-state index is 11.9. The molecule has 27 heavy (non-hydrogen) atoms. The van der Waals surface area contributed by atoms with E-state index in [0.717, 1.165) is 4.90 Å². The van der Waals surface area contributed by atoms with Crippen molar-refractivity contribution in [1.29, 1.82) is 0 Å². The van der Waals surface area contributed by atoms with Gasteiger partial charge in [-0.15, -0.1) is 0 Å². The summed E-state index contributed by atoms with van der Waals surface area (Å²) in [6.45, 7) is -0.394. The number of thiol groups is 2. The molecule has 0 saturated carbocycles. The summed E-state index contributed by atoms with van der Waals surface area (Å²) in [4.78, 5) is 44.8. The average Bonchev–Trinajstić information content (AvgIpc) is 2.73. The van der Waals surface area contributed by atoms with Gasteiger partial charge in [0.1, 0.15) is 5.54 Å². The fourth-order valence-electron chi connectivity index (χ4n) is 2.19. The molecule has 158 valence electrons. The van der Waals surface area contributed by atoms with E-state index < -0.39 is 23.5 Å². The minimum absolute atomic E-state index is 0.152. The van der Waals surface area contributed by atoms with Crippen LogP contribution in [0.4, 0.5) is 4.79 Å². The van der Waals surface area contributed by atoms with Gasteiger partial charge in [-0.1, -0.05) is 0 Å². The molecule has 0 atom stereocenters. The lowest BCUT2D eigenvalue weighted by molar-refractivity contribution is -0.137. The molecule has 1 rings (SSSR count). The first-order chi connectivity index (χ1) is 12.5. The Hall–Kier alpha value is -1.50. The molecule has 12 heteroatoms. The fourth-order valence-corrected chi connectivity index (χ4v) is 2.57. The zero-order valence-electron chi connectivity index (χ0n) is 15.4. The van der Waals surface area contributed by atoms with Crippen molar-refractivity contribution in [2.75, 3.05) is 38.8 Å². The van der Waals surface area contributed by atoms with Crippen LogP contribution in [0.25, 0.3) is 0 Å². The van der Waals surface area contributed by atoms with Gasteiger partial charge in [0.2, 0.25) is 0 Å². The minimum Gasteiger partial charge on any atom is -0.481 e. The molecule has 1 aliphatic heterocycles. The summed E-state index contributed by atoms with van der Waals surface area (Å²) in [7, 11) is 2.91. The molecule has 1 fully saturated rings. The summed E-state index contributed by atoms with van der Waals surface area (Å²) in [5.74, 6) is -1.09. The Bertz CT molecular complexity index is 482. The van der Waals surface area contributed by atoms with Crippen molar-refractivity contribution >= 4 is 49.1 Å². The highest BCUT2D eigenvalue weighted by molar-refractivity contribution is 7.80. The van der Waals surface area contributed by atoms with E-state index in [4.69, 9.17) is 20.4 Å². The quantitative estimate of drug-likeness (QED) is 0.229. The van der Waals surface area contributed by atoms with E-state index in [1.807, 2.05) is 0 Å². The van der Waals surface area contributed by atoms with Crippen LogP contribution in [0.5, 0.6) is 0 Å². The Morgan fingerprint density at radius 3 is 1.44 bits per heavy atom. The molecule has 3 amide bonds. The van der Waals surface area contributed by atoms with Crippen LogP contribution in [0.3, 0.4) is 0 Å². The number of likely N-dealkylation sites (N-methyl/N-ethyl adjacent to an activating group) is 2. The average molecular weight is 429 g/mol. The predicted octanol–water partition coefficient (Wildman–Crippen LogP) is -0.204. The van der Waals surface area contributed by atoms with Gasteiger partial charge >= 0.3 is 18.0 Å². The molecular formula is C15H28N2O8S2. The number of carboxylic acids is 2. The summed E-state index contributed by atoms with van der Waals surface area (Å²) in [6.07, 6.45) is 0.615. The highest BCUT2D eigenvalue weighted by Gasteiger charge is 2.53.